The summed E-state index contributed by atoms with van der Waals surface area (Å²) in [4.78, 5) is 39.3. The molecule has 31 heavy (non-hydrogen) atoms. The van der Waals surface area contributed by atoms with Gasteiger partial charge in [-0.25, -0.2) is 4.79 Å². The van der Waals surface area contributed by atoms with E-state index in [1.807, 2.05) is 24.3 Å². The number of para-hydroxylation sites is 1. The van der Waals surface area contributed by atoms with Crippen LogP contribution in [-0.4, -0.2) is 31.1 Å². The molecule has 1 amide bonds. The standard InChI is InChI=1S/C24H24N2O5/c1-16(30-24(29)22-15-20(27)19-7-3-4-8-21(19)31-22)23(28)25-17-9-11-18(12-10-17)26-13-5-2-6-14-26/h3-4,7-12,15-16H,2,5-6,13-14H2,1H3,(H,25,28)/t16-/m0/s1. The van der Waals surface area contributed by atoms with Gasteiger partial charge < -0.3 is 19.4 Å². The highest BCUT2D eigenvalue weighted by molar-refractivity contribution is 5.97. The average molecular weight is 420 g/mol. The predicted molar refractivity (Wildman–Crippen MR) is 118 cm³/mol. The number of fused-ring (bicyclic) bond motifs is 1. The molecule has 1 fully saturated rings. The van der Waals surface area contributed by atoms with Crippen LogP contribution >= 0.6 is 0 Å². The molecule has 7 nitrogen and oxygen atoms in total. The van der Waals surface area contributed by atoms with Gasteiger partial charge in [0.05, 0.1) is 5.39 Å². The lowest BCUT2D eigenvalue weighted by atomic mass is 10.1. The lowest BCUT2D eigenvalue weighted by molar-refractivity contribution is -0.123. The van der Waals surface area contributed by atoms with Crippen molar-refractivity contribution in [2.45, 2.75) is 32.3 Å². The molecule has 1 aliphatic rings. The minimum absolute atomic E-state index is 0.241. The zero-order chi connectivity index (χ0) is 21.8. The number of amides is 1. The van der Waals surface area contributed by atoms with Crippen molar-refractivity contribution in [1.82, 2.24) is 0 Å². The monoisotopic (exact) mass is 420 g/mol. The van der Waals surface area contributed by atoms with Crippen LogP contribution in [0.5, 0.6) is 0 Å². The van der Waals surface area contributed by atoms with Gasteiger partial charge in [0.1, 0.15) is 5.58 Å². The van der Waals surface area contributed by atoms with E-state index in [-0.39, 0.29) is 16.8 Å². The molecule has 1 saturated heterocycles. The smallest absolute Gasteiger partial charge is 0.375 e. The Labute approximate surface area is 179 Å². The first-order chi connectivity index (χ1) is 15.0. The molecular formula is C24H24N2O5. The van der Waals surface area contributed by atoms with Crippen molar-refractivity contribution < 1.29 is 18.7 Å². The van der Waals surface area contributed by atoms with Crippen LogP contribution < -0.4 is 15.6 Å². The number of piperidine rings is 1. The van der Waals surface area contributed by atoms with Crippen molar-refractivity contribution in [3.05, 3.63) is 70.6 Å². The summed E-state index contributed by atoms with van der Waals surface area (Å²) in [6.07, 6.45) is 2.59. The quantitative estimate of drug-likeness (QED) is 0.629. The van der Waals surface area contributed by atoms with E-state index >= 15 is 0 Å². The average Bonchev–Trinajstić information content (AvgIpc) is 2.80. The van der Waals surface area contributed by atoms with Crippen LogP contribution in [0.25, 0.3) is 11.0 Å². The van der Waals surface area contributed by atoms with E-state index in [0.717, 1.165) is 24.8 Å². The van der Waals surface area contributed by atoms with Crippen molar-refractivity contribution in [2.75, 3.05) is 23.3 Å². The summed E-state index contributed by atoms with van der Waals surface area (Å²) in [6.45, 7) is 3.56. The fourth-order valence-electron chi connectivity index (χ4n) is 3.63. The molecule has 1 N–H and O–H groups in total. The van der Waals surface area contributed by atoms with Gasteiger partial charge in [-0.2, -0.15) is 0 Å². The fraction of sp³-hybridized carbons (Fsp3) is 0.292. The zero-order valence-electron chi connectivity index (χ0n) is 17.3. The Morgan fingerprint density at radius 1 is 1.03 bits per heavy atom. The molecule has 1 atom stereocenters. The van der Waals surface area contributed by atoms with Gasteiger partial charge in [0.25, 0.3) is 5.91 Å². The van der Waals surface area contributed by atoms with E-state index in [1.165, 1.54) is 26.2 Å². The van der Waals surface area contributed by atoms with Crippen LogP contribution in [0.2, 0.25) is 0 Å². The highest BCUT2D eigenvalue weighted by Crippen LogP contribution is 2.22. The van der Waals surface area contributed by atoms with Crippen LogP contribution in [0.3, 0.4) is 0 Å². The molecule has 0 unspecified atom stereocenters. The van der Waals surface area contributed by atoms with E-state index in [2.05, 4.69) is 10.2 Å². The maximum absolute atomic E-state index is 12.5. The van der Waals surface area contributed by atoms with E-state index in [1.54, 1.807) is 24.3 Å². The second-order valence-corrected chi connectivity index (χ2v) is 7.60. The Hall–Kier alpha value is -3.61. The Kier molecular flexibility index (Phi) is 6.02. The van der Waals surface area contributed by atoms with Gasteiger partial charge in [0, 0.05) is 30.5 Å². The molecule has 0 radical (unpaired) electrons. The summed E-state index contributed by atoms with van der Waals surface area (Å²) in [5.74, 6) is -1.58. The number of esters is 1. The van der Waals surface area contributed by atoms with E-state index in [4.69, 9.17) is 9.15 Å². The van der Waals surface area contributed by atoms with Crippen LogP contribution in [0.15, 0.2) is 63.8 Å². The highest BCUT2D eigenvalue weighted by atomic mass is 16.6. The van der Waals surface area contributed by atoms with Crippen molar-refractivity contribution in [3.63, 3.8) is 0 Å². The largest absolute Gasteiger partial charge is 0.449 e. The molecule has 0 spiro atoms. The summed E-state index contributed by atoms with van der Waals surface area (Å²) in [6, 6.07) is 15.3. The van der Waals surface area contributed by atoms with Gasteiger partial charge in [-0.15, -0.1) is 0 Å². The summed E-state index contributed by atoms with van der Waals surface area (Å²) in [5, 5.41) is 3.12. The number of rotatable bonds is 5. The molecule has 160 valence electrons. The molecule has 1 aliphatic heterocycles. The van der Waals surface area contributed by atoms with Gasteiger partial charge in [0.15, 0.2) is 11.5 Å². The first-order valence-corrected chi connectivity index (χ1v) is 10.4. The number of ether oxygens (including phenoxy) is 1. The number of carbonyl (C=O) groups is 2. The Morgan fingerprint density at radius 3 is 2.48 bits per heavy atom. The number of hydrogen-bond donors (Lipinski definition) is 1. The maximum Gasteiger partial charge on any atom is 0.375 e. The SMILES string of the molecule is C[C@H](OC(=O)c1cc(=O)c2ccccc2o1)C(=O)Nc1ccc(N2CCCCC2)cc1. The molecule has 3 aromatic rings. The Bertz CT molecular complexity index is 1150. The molecule has 1 aromatic heterocycles. The molecule has 0 saturated carbocycles. The van der Waals surface area contributed by atoms with Crippen LogP contribution in [0.1, 0.15) is 36.7 Å². The molecule has 2 aromatic carbocycles. The minimum atomic E-state index is -1.06. The lowest BCUT2D eigenvalue weighted by Crippen LogP contribution is -2.30. The fourth-order valence-corrected chi connectivity index (χ4v) is 3.63. The van der Waals surface area contributed by atoms with Crippen LogP contribution in [0.4, 0.5) is 11.4 Å². The van der Waals surface area contributed by atoms with E-state index in [0.29, 0.717) is 11.1 Å². The number of anilines is 2. The molecule has 2 heterocycles. The van der Waals surface area contributed by atoms with Crippen LogP contribution in [-0.2, 0) is 9.53 Å². The number of nitrogens with zero attached hydrogens (tertiary/aromatic N) is 1. The first-order valence-electron chi connectivity index (χ1n) is 10.4. The van der Waals surface area contributed by atoms with Gasteiger partial charge in [0.2, 0.25) is 5.76 Å². The molecular weight excluding hydrogens is 396 g/mol. The second kappa shape index (κ2) is 9.04. The van der Waals surface area contributed by atoms with E-state index < -0.39 is 18.0 Å². The number of benzene rings is 2. The lowest BCUT2D eigenvalue weighted by Gasteiger charge is -2.28. The number of hydrogen-bond acceptors (Lipinski definition) is 6. The normalized spacial score (nSPS) is 14.8. The summed E-state index contributed by atoms with van der Waals surface area (Å²) in [7, 11) is 0. The molecule has 0 bridgehead atoms. The van der Waals surface area contributed by atoms with Gasteiger partial charge in [-0.3, -0.25) is 9.59 Å². The second-order valence-electron chi connectivity index (χ2n) is 7.60. The maximum atomic E-state index is 12.5. The number of nitrogens with one attached hydrogen (secondary N) is 1. The third kappa shape index (κ3) is 4.77. The first kappa shape index (κ1) is 20.7. The highest BCUT2D eigenvalue weighted by Gasteiger charge is 2.22. The zero-order valence-corrected chi connectivity index (χ0v) is 17.3. The van der Waals surface area contributed by atoms with Crippen molar-refractivity contribution in [1.29, 1.82) is 0 Å². The summed E-state index contributed by atoms with van der Waals surface area (Å²) in [5.41, 5.74) is 1.68. The summed E-state index contributed by atoms with van der Waals surface area (Å²) < 4.78 is 10.7. The molecule has 0 aliphatic carbocycles. The molecule has 4 rings (SSSR count). The van der Waals surface area contributed by atoms with Gasteiger partial charge in [-0.1, -0.05) is 12.1 Å². The minimum Gasteiger partial charge on any atom is -0.449 e. The van der Waals surface area contributed by atoms with Crippen molar-refractivity contribution in [3.8, 4) is 0 Å². The van der Waals surface area contributed by atoms with Gasteiger partial charge >= 0.3 is 5.97 Å². The number of carbonyl (C=O) groups excluding carboxylic acids is 2. The Balaban J connectivity index is 1.38. The predicted octanol–water partition coefficient (Wildman–Crippen LogP) is 3.97. The van der Waals surface area contributed by atoms with Gasteiger partial charge in [-0.05, 0) is 62.6 Å². The van der Waals surface area contributed by atoms with Crippen molar-refractivity contribution in [2.24, 2.45) is 0 Å². The Morgan fingerprint density at radius 2 is 1.74 bits per heavy atom. The topological polar surface area (TPSA) is 88.9 Å². The third-order valence-electron chi connectivity index (χ3n) is 5.34. The summed E-state index contributed by atoms with van der Waals surface area (Å²) >= 11 is 0. The molecule has 7 heteroatoms. The van der Waals surface area contributed by atoms with Crippen molar-refractivity contribution >= 4 is 34.2 Å². The van der Waals surface area contributed by atoms with Crippen LogP contribution in [0, 0.1) is 0 Å². The third-order valence-corrected chi connectivity index (χ3v) is 5.34. The van der Waals surface area contributed by atoms with E-state index in [9.17, 15) is 14.4 Å².